The summed E-state index contributed by atoms with van der Waals surface area (Å²) in [6, 6.07) is 21.0. The molecule has 1 heterocycles. The number of ether oxygens (including phenoxy) is 3. The highest BCUT2D eigenvalue weighted by atomic mass is 16.5. The van der Waals surface area contributed by atoms with Crippen LogP contribution in [0.25, 0.3) is 0 Å². The van der Waals surface area contributed by atoms with Crippen LogP contribution in [0.3, 0.4) is 0 Å². The van der Waals surface area contributed by atoms with Crippen LogP contribution in [-0.4, -0.2) is 44.2 Å². The van der Waals surface area contributed by atoms with Gasteiger partial charge < -0.3 is 24.2 Å². The molecule has 0 unspecified atom stereocenters. The standard InChI is InChI=1S/C26H25NO6/c1-31-19-12-13-20(24(16-19)32-2)23(28)17-26(30)21-10-6-7-11-22(21)27(25(26)29)14-15-33-18-8-4-3-5-9-18/h3-13,16,30H,14-15,17H2,1-2H3/t26-/m1/s1. The molecule has 0 radical (unpaired) electrons. The third-order valence-corrected chi connectivity index (χ3v) is 5.69. The lowest BCUT2D eigenvalue weighted by Gasteiger charge is -2.23. The molecule has 1 aliphatic rings. The molecular weight excluding hydrogens is 422 g/mol. The Morgan fingerprint density at radius 3 is 2.39 bits per heavy atom. The Balaban J connectivity index is 1.57. The van der Waals surface area contributed by atoms with Crippen molar-refractivity contribution in [3.63, 3.8) is 0 Å². The smallest absolute Gasteiger partial charge is 0.264 e. The largest absolute Gasteiger partial charge is 0.497 e. The van der Waals surface area contributed by atoms with E-state index in [1.807, 2.05) is 30.3 Å². The zero-order chi connectivity index (χ0) is 23.4. The number of carbonyl (C=O) groups is 2. The van der Waals surface area contributed by atoms with Crippen LogP contribution in [0.5, 0.6) is 17.2 Å². The zero-order valence-electron chi connectivity index (χ0n) is 18.5. The Kier molecular flexibility index (Phi) is 6.33. The summed E-state index contributed by atoms with van der Waals surface area (Å²) in [5.74, 6) is 0.571. The number of ketones is 1. The highest BCUT2D eigenvalue weighted by molar-refractivity contribution is 6.11. The van der Waals surface area contributed by atoms with Crippen molar-refractivity contribution in [1.82, 2.24) is 0 Å². The van der Waals surface area contributed by atoms with E-state index >= 15 is 0 Å². The van der Waals surface area contributed by atoms with Gasteiger partial charge in [-0.1, -0.05) is 36.4 Å². The van der Waals surface area contributed by atoms with E-state index in [1.165, 1.54) is 19.1 Å². The number of carbonyl (C=O) groups excluding carboxylic acids is 2. The number of amides is 1. The predicted molar refractivity (Wildman–Crippen MR) is 123 cm³/mol. The van der Waals surface area contributed by atoms with Gasteiger partial charge in [-0.25, -0.2) is 0 Å². The van der Waals surface area contributed by atoms with Crippen molar-refractivity contribution in [3.05, 3.63) is 83.9 Å². The second kappa shape index (κ2) is 9.34. The topological polar surface area (TPSA) is 85.3 Å². The summed E-state index contributed by atoms with van der Waals surface area (Å²) in [5, 5.41) is 11.5. The normalized spacial score (nSPS) is 16.9. The van der Waals surface area contributed by atoms with Gasteiger partial charge in [0.2, 0.25) is 0 Å². The van der Waals surface area contributed by atoms with Gasteiger partial charge in [-0.15, -0.1) is 0 Å². The Bertz CT molecular complexity index is 1160. The van der Waals surface area contributed by atoms with Gasteiger partial charge in [0.15, 0.2) is 11.4 Å². The Hall–Kier alpha value is -3.84. The molecule has 0 bridgehead atoms. The molecule has 1 aliphatic heterocycles. The molecule has 4 rings (SSSR count). The summed E-state index contributed by atoms with van der Waals surface area (Å²) in [5.41, 5.74) is -0.750. The Labute approximate surface area is 192 Å². The van der Waals surface area contributed by atoms with Gasteiger partial charge in [-0.3, -0.25) is 9.59 Å². The maximum absolute atomic E-state index is 13.4. The first-order valence-corrected chi connectivity index (χ1v) is 10.5. The van der Waals surface area contributed by atoms with E-state index in [4.69, 9.17) is 14.2 Å². The molecule has 33 heavy (non-hydrogen) atoms. The monoisotopic (exact) mass is 447 g/mol. The van der Waals surface area contributed by atoms with E-state index in [1.54, 1.807) is 42.5 Å². The van der Waals surface area contributed by atoms with Crippen LogP contribution in [0.2, 0.25) is 0 Å². The van der Waals surface area contributed by atoms with Gasteiger partial charge in [0.05, 0.1) is 38.4 Å². The zero-order valence-corrected chi connectivity index (χ0v) is 18.5. The number of nitrogens with zero attached hydrogens (tertiary/aromatic N) is 1. The number of rotatable bonds is 9. The molecule has 7 heteroatoms. The lowest BCUT2D eigenvalue weighted by atomic mass is 9.88. The van der Waals surface area contributed by atoms with E-state index < -0.39 is 23.7 Å². The van der Waals surface area contributed by atoms with Crippen molar-refractivity contribution >= 4 is 17.4 Å². The fourth-order valence-corrected chi connectivity index (χ4v) is 4.03. The number of para-hydroxylation sites is 2. The van der Waals surface area contributed by atoms with Crippen molar-refractivity contribution in [3.8, 4) is 17.2 Å². The minimum atomic E-state index is -1.98. The van der Waals surface area contributed by atoms with Gasteiger partial charge in [-0.05, 0) is 30.3 Å². The molecule has 3 aromatic rings. The van der Waals surface area contributed by atoms with Crippen molar-refractivity contribution in [1.29, 1.82) is 0 Å². The summed E-state index contributed by atoms with van der Waals surface area (Å²) in [4.78, 5) is 28.0. The van der Waals surface area contributed by atoms with Crippen molar-refractivity contribution in [2.24, 2.45) is 0 Å². The Morgan fingerprint density at radius 2 is 1.67 bits per heavy atom. The van der Waals surface area contributed by atoms with Crippen LogP contribution < -0.4 is 19.1 Å². The van der Waals surface area contributed by atoms with Gasteiger partial charge in [0.1, 0.15) is 23.9 Å². The van der Waals surface area contributed by atoms with Gasteiger partial charge in [0.25, 0.3) is 5.91 Å². The van der Waals surface area contributed by atoms with E-state index in [9.17, 15) is 14.7 Å². The molecule has 1 atom stereocenters. The molecule has 0 saturated heterocycles. The first-order chi connectivity index (χ1) is 16.0. The predicted octanol–water partition coefficient (Wildman–Crippen LogP) is 3.59. The summed E-state index contributed by atoms with van der Waals surface area (Å²) < 4.78 is 16.2. The second-order valence-electron chi connectivity index (χ2n) is 7.66. The lowest BCUT2D eigenvalue weighted by Crippen LogP contribution is -2.43. The first kappa shape index (κ1) is 22.4. The van der Waals surface area contributed by atoms with Crippen LogP contribution in [0.4, 0.5) is 5.69 Å². The number of benzene rings is 3. The SMILES string of the molecule is COc1ccc(C(=O)C[C@]2(O)C(=O)N(CCOc3ccccc3)c3ccccc32)c(OC)c1. The molecule has 7 nitrogen and oxygen atoms in total. The van der Waals surface area contributed by atoms with Crippen LogP contribution >= 0.6 is 0 Å². The number of anilines is 1. The van der Waals surface area contributed by atoms with Gasteiger partial charge in [-0.2, -0.15) is 0 Å². The molecular formula is C26H25NO6. The molecule has 0 fully saturated rings. The van der Waals surface area contributed by atoms with Crippen LogP contribution in [0.1, 0.15) is 22.3 Å². The highest BCUT2D eigenvalue weighted by Gasteiger charge is 2.50. The van der Waals surface area contributed by atoms with Crippen LogP contribution in [0.15, 0.2) is 72.8 Å². The van der Waals surface area contributed by atoms with Crippen LogP contribution in [0, 0.1) is 0 Å². The van der Waals surface area contributed by atoms with Crippen molar-refractivity contribution < 1.29 is 28.9 Å². The van der Waals surface area contributed by atoms with Gasteiger partial charge in [0, 0.05) is 11.6 Å². The fourth-order valence-electron chi connectivity index (χ4n) is 4.03. The highest BCUT2D eigenvalue weighted by Crippen LogP contribution is 2.43. The fraction of sp³-hybridized carbons (Fsp3) is 0.231. The van der Waals surface area contributed by atoms with Crippen LogP contribution in [-0.2, 0) is 10.4 Å². The Morgan fingerprint density at radius 1 is 0.939 bits per heavy atom. The molecule has 0 aromatic heterocycles. The number of methoxy groups -OCH3 is 2. The van der Waals surface area contributed by atoms with E-state index in [-0.39, 0.29) is 18.7 Å². The van der Waals surface area contributed by atoms with E-state index in [0.29, 0.717) is 28.5 Å². The molecule has 1 amide bonds. The minimum absolute atomic E-state index is 0.229. The number of hydrogen-bond acceptors (Lipinski definition) is 6. The van der Waals surface area contributed by atoms with Crippen molar-refractivity contribution in [2.75, 3.05) is 32.3 Å². The molecule has 3 aromatic carbocycles. The van der Waals surface area contributed by atoms with E-state index in [0.717, 1.165) is 0 Å². The maximum atomic E-state index is 13.4. The summed E-state index contributed by atoms with van der Waals surface area (Å²) >= 11 is 0. The lowest BCUT2D eigenvalue weighted by molar-refractivity contribution is -0.135. The quantitative estimate of drug-likeness (QED) is 0.505. The number of aliphatic hydroxyl groups is 1. The second-order valence-corrected chi connectivity index (χ2v) is 7.66. The maximum Gasteiger partial charge on any atom is 0.264 e. The molecule has 0 saturated carbocycles. The average Bonchev–Trinajstić information content (AvgIpc) is 3.06. The minimum Gasteiger partial charge on any atom is -0.497 e. The molecule has 0 aliphatic carbocycles. The number of fused-ring (bicyclic) bond motifs is 1. The molecule has 0 spiro atoms. The van der Waals surface area contributed by atoms with E-state index in [2.05, 4.69) is 0 Å². The third kappa shape index (κ3) is 4.27. The van der Waals surface area contributed by atoms with Gasteiger partial charge >= 0.3 is 0 Å². The first-order valence-electron chi connectivity index (χ1n) is 10.5. The van der Waals surface area contributed by atoms with Crippen molar-refractivity contribution in [2.45, 2.75) is 12.0 Å². The summed E-state index contributed by atoms with van der Waals surface area (Å²) in [6.45, 7) is 0.466. The number of Topliss-reactive ketones (excluding diaryl/α,β-unsaturated/α-hetero) is 1. The molecule has 1 N–H and O–H groups in total. The summed E-state index contributed by atoms with van der Waals surface area (Å²) in [6.07, 6.45) is -0.415. The summed E-state index contributed by atoms with van der Waals surface area (Å²) in [7, 11) is 2.97. The average molecular weight is 447 g/mol. The number of hydrogen-bond donors (Lipinski definition) is 1. The molecule has 170 valence electrons. The third-order valence-electron chi connectivity index (χ3n) is 5.69.